The van der Waals surface area contributed by atoms with Crippen LogP contribution in [-0.2, 0) is 17.8 Å². The van der Waals surface area contributed by atoms with Crippen LogP contribution in [0.15, 0.2) is 67.3 Å². The molecule has 164 valence electrons. The summed E-state index contributed by atoms with van der Waals surface area (Å²) in [5.74, 6) is 0.721. The molecule has 2 amide bonds. The van der Waals surface area contributed by atoms with E-state index in [1.807, 2.05) is 47.4 Å². The van der Waals surface area contributed by atoms with Gasteiger partial charge in [0.15, 0.2) is 23.2 Å². The molecule has 1 aliphatic heterocycles. The van der Waals surface area contributed by atoms with Crippen molar-refractivity contribution in [2.24, 2.45) is 0 Å². The van der Waals surface area contributed by atoms with E-state index in [1.54, 1.807) is 18.2 Å². The van der Waals surface area contributed by atoms with Crippen molar-refractivity contribution in [2.45, 2.75) is 13.0 Å². The smallest absolute Gasteiger partial charge is 0.264 e. The van der Waals surface area contributed by atoms with E-state index >= 15 is 0 Å². The second-order valence-corrected chi connectivity index (χ2v) is 8.20. The van der Waals surface area contributed by atoms with Gasteiger partial charge in [0.25, 0.3) is 11.8 Å². The monoisotopic (exact) mass is 449 g/mol. The maximum atomic E-state index is 12.7. The van der Waals surface area contributed by atoms with Crippen molar-refractivity contribution in [3.05, 3.63) is 83.4 Å². The fraction of sp³-hybridized carbons (Fsp3) is 0.208. The summed E-state index contributed by atoms with van der Waals surface area (Å²) in [5.41, 5.74) is 1.59. The summed E-state index contributed by atoms with van der Waals surface area (Å²) in [6, 6.07) is 16.4. The zero-order valence-electron chi connectivity index (χ0n) is 17.5. The molecule has 1 N–H and O–H groups in total. The normalized spacial score (nSPS) is 12.6. The van der Waals surface area contributed by atoms with Crippen LogP contribution in [0, 0.1) is 0 Å². The Hall–Kier alpha value is -3.65. The van der Waals surface area contributed by atoms with Gasteiger partial charge >= 0.3 is 0 Å². The van der Waals surface area contributed by atoms with Crippen LogP contribution in [0.25, 0.3) is 0 Å². The van der Waals surface area contributed by atoms with Crippen molar-refractivity contribution in [1.29, 1.82) is 0 Å². The molecule has 3 aromatic rings. The Kier molecular flexibility index (Phi) is 6.81. The van der Waals surface area contributed by atoms with Gasteiger partial charge in [-0.3, -0.25) is 14.9 Å². The Morgan fingerprint density at radius 3 is 2.56 bits per heavy atom. The average molecular weight is 450 g/mol. The minimum atomic E-state index is -0.313. The van der Waals surface area contributed by atoms with Crippen molar-refractivity contribution >= 4 is 28.3 Å². The lowest BCUT2D eigenvalue weighted by Crippen LogP contribution is -2.35. The van der Waals surface area contributed by atoms with Gasteiger partial charge in [-0.2, -0.15) is 0 Å². The minimum Gasteiger partial charge on any atom is -0.486 e. The number of fused-ring (bicyclic) bond motifs is 1. The highest BCUT2D eigenvalue weighted by Crippen LogP contribution is 2.29. The van der Waals surface area contributed by atoms with E-state index in [2.05, 4.69) is 16.9 Å². The summed E-state index contributed by atoms with van der Waals surface area (Å²) in [7, 11) is 0. The van der Waals surface area contributed by atoms with E-state index in [9.17, 15) is 9.59 Å². The molecule has 0 spiro atoms. The first kappa shape index (κ1) is 21.6. The number of carbonyl (C=O) groups excluding carboxylic acids is 2. The third kappa shape index (κ3) is 5.15. The van der Waals surface area contributed by atoms with Crippen LogP contribution in [0.4, 0.5) is 5.13 Å². The number of rotatable bonds is 8. The highest BCUT2D eigenvalue weighted by atomic mass is 32.1. The van der Waals surface area contributed by atoms with Gasteiger partial charge in [-0.25, -0.2) is 4.98 Å². The van der Waals surface area contributed by atoms with E-state index in [0.29, 0.717) is 48.3 Å². The van der Waals surface area contributed by atoms with Gasteiger partial charge in [0.1, 0.15) is 6.61 Å². The third-order valence-corrected chi connectivity index (χ3v) is 5.85. The number of para-hydroxylation sites is 2. The number of aromatic nitrogens is 1. The molecule has 1 aliphatic rings. The zero-order chi connectivity index (χ0) is 22.3. The summed E-state index contributed by atoms with van der Waals surface area (Å²) in [6.45, 7) is 4.89. The third-order valence-electron chi connectivity index (χ3n) is 4.85. The van der Waals surface area contributed by atoms with Gasteiger partial charge in [0.2, 0.25) is 0 Å². The van der Waals surface area contributed by atoms with E-state index < -0.39 is 0 Å². The molecule has 0 saturated heterocycles. The van der Waals surface area contributed by atoms with Crippen LogP contribution in [0.5, 0.6) is 11.5 Å². The number of carbonyl (C=O) groups is 2. The van der Waals surface area contributed by atoms with E-state index in [0.717, 1.165) is 10.6 Å². The summed E-state index contributed by atoms with van der Waals surface area (Å²) in [6.07, 6.45) is 2.30. The Balaban J connectivity index is 1.34. The molecular formula is C24H23N3O4S. The van der Waals surface area contributed by atoms with Gasteiger partial charge in [0, 0.05) is 23.4 Å². The van der Waals surface area contributed by atoms with Crippen LogP contribution in [-0.4, -0.2) is 41.5 Å². The number of nitrogens with one attached hydrogen (secondary N) is 1. The Morgan fingerprint density at radius 1 is 1.09 bits per heavy atom. The SMILES string of the molecule is C=CCOc1ccccc1OCC(=O)Nc1nc2c(s1)CN(C(=O)c1ccccc1)CC2. The number of hydrogen-bond donors (Lipinski definition) is 1. The van der Waals surface area contributed by atoms with E-state index in [4.69, 9.17) is 9.47 Å². The lowest BCUT2D eigenvalue weighted by molar-refractivity contribution is -0.118. The maximum absolute atomic E-state index is 12.7. The molecule has 4 rings (SSSR count). The first-order chi connectivity index (χ1) is 15.6. The number of benzene rings is 2. The molecule has 0 bridgehead atoms. The zero-order valence-corrected chi connectivity index (χ0v) is 18.3. The molecule has 0 aliphatic carbocycles. The molecule has 2 heterocycles. The molecule has 2 aromatic carbocycles. The number of amides is 2. The van der Waals surface area contributed by atoms with Crippen molar-refractivity contribution < 1.29 is 19.1 Å². The van der Waals surface area contributed by atoms with Crippen LogP contribution < -0.4 is 14.8 Å². The minimum absolute atomic E-state index is 0.000902. The molecule has 0 radical (unpaired) electrons. The quantitative estimate of drug-likeness (QED) is 0.527. The Labute approximate surface area is 190 Å². The second-order valence-electron chi connectivity index (χ2n) is 7.11. The van der Waals surface area contributed by atoms with Gasteiger partial charge < -0.3 is 14.4 Å². The molecular weight excluding hydrogens is 426 g/mol. The van der Waals surface area contributed by atoms with Crippen LogP contribution in [0.1, 0.15) is 20.9 Å². The number of hydrogen-bond acceptors (Lipinski definition) is 6. The Morgan fingerprint density at radius 2 is 1.81 bits per heavy atom. The molecule has 0 saturated carbocycles. The van der Waals surface area contributed by atoms with E-state index in [-0.39, 0.29) is 18.4 Å². The molecule has 0 unspecified atom stereocenters. The van der Waals surface area contributed by atoms with Crippen molar-refractivity contribution in [3.63, 3.8) is 0 Å². The summed E-state index contributed by atoms with van der Waals surface area (Å²) in [5, 5.41) is 3.30. The number of thiazole rings is 1. The summed E-state index contributed by atoms with van der Waals surface area (Å²) in [4.78, 5) is 32.4. The highest BCUT2D eigenvalue weighted by molar-refractivity contribution is 7.15. The fourth-order valence-corrected chi connectivity index (χ4v) is 4.36. The van der Waals surface area contributed by atoms with Gasteiger partial charge in [0.05, 0.1) is 12.2 Å². The largest absolute Gasteiger partial charge is 0.486 e. The number of ether oxygens (including phenoxy) is 2. The lowest BCUT2D eigenvalue weighted by Gasteiger charge is -2.26. The molecule has 8 heteroatoms. The standard InChI is InChI=1S/C24H23N3O4S/c1-2-14-30-19-10-6-7-11-20(19)31-16-22(28)26-24-25-18-12-13-27(15-21(18)32-24)23(29)17-8-4-3-5-9-17/h2-11H,1,12-16H2,(H,25,26,28). The summed E-state index contributed by atoms with van der Waals surface area (Å²) < 4.78 is 11.2. The van der Waals surface area contributed by atoms with Gasteiger partial charge in [-0.1, -0.05) is 54.3 Å². The highest BCUT2D eigenvalue weighted by Gasteiger charge is 2.25. The fourth-order valence-electron chi connectivity index (χ4n) is 3.32. The van der Waals surface area contributed by atoms with Crippen LogP contribution in [0.3, 0.4) is 0 Å². The van der Waals surface area contributed by atoms with Crippen molar-refractivity contribution in [2.75, 3.05) is 25.1 Å². The maximum Gasteiger partial charge on any atom is 0.264 e. The van der Waals surface area contributed by atoms with Gasteiger partial charge in [-0.15, -0.1) is 0 Å². The predicted molar refractivity (Wildman–Crippen MR) is 123 cm³/mol. The number of nitrogens with zero attached hydrogens (tertiary/aromatic N) is 2. The molecule has 7 nitrogen and oxygen atoms in total. The molecule has 0 atom stereocenters. The first-order valence-electron chi connectivity index (χ1n) is 10.2. The molecule has 1 aromatic heterocycles. The molecule has 32 heavy (non-hydrogen) atoms. The lowest BCUT2D eigenvalue weighted by atomic mass is 10.1. The Bertz CT molecular complexity index is 1110. The van der Waals surface area contributed by atoms with Crippen molar-refractivity contribution in [3.8, 4) is 11.5 Å². The van der Waals surface area contributed by atoms with Gasteiger partial charge in [-0.05, 0) is 24.3 Å². The van der Waals surface area contributed by atoms with Crippen LogP contribution in [0.2, 0.25) is 0 Å². The first-order valence-corrected chi connectivity index (χ1v) is 11.0. The van der Waals surface area contributed by atoms with E-state index in [1.165, 1.54) is 11.3 Å². The second kappa shape index (κ2) is 10.1. The number of anilines is 1. The predicted octanol–water partition coefficient (Wildman–Crippen LogP) is 3.92. The average Bonchev–Trinajstić information content (AvgIpc) is 3.23. The van der Waals surface area contributed by atoms with Crippen molar-refractivity contribution in [1.82, 2.24) is 9.88 Å². The topological polar surface area (TPSA) is 80.8 Å². The summed E-state index contributed by atoms with van der Waals surface area (Å²) >= 11 is 1.39. The van der Waals surface area contributed by atoms with Crippen LogP contribution >= 0.6 is 11.3 Å². The molecule has 0 fully saturated rings.